The van der Waals surface area contributed by atoms with Crippen LogP contribution >= 0.6 is 35.3 Å². The van der Waals surface area contributed by atoms with E-state index in [4.69, 9.17) is 0 Å². The number of thiazole rings is 1. The Morgan fingerprint density at radius 2 is 1.90 bits per heavy atom. The van der Waals surface area contributed by atoms with Gasteiger partial charge in [-0.1, -0.05) is 0 Å². The minimum atomic E-state index is -5.24. The van der Waals surface area contributed by atoms with Crippen molar-refractivity contribution in [1.82, 2.24) is 19.9 Å². The fourth-order valence-electron chi connectivity index (χ4n) is 2.90. The zero-order valence-electron chi connectivity index (χ0n) is 16.5. The van der Waals surface area contributed by atoms with Crippen LogP contribution in [-0.4, -0.2) is 62.4 Å². The molecule has 29 heavy (non-hydrogen) atoms. The van der Waals surface area contributed by atoms with Crippen molar-refractivity contribution in [2.45, 2.75) is 38.6 Å². The van der Waals surface area contributed by atoms with Gasteiger partial charge in [-0.15, -0.1) is 35.3 Å². The highest BCUT2D eigenvalue weighted by atomic mass is 127. The van der Waals surface area contributed by atoms with Crippen LogP contribution in [0.4, 0.5) is 13.2 Å². The average Bonchev–Trinajstić information content (AvgIpc) is 2.95. The van der Waals surface area contributed by atoms with E-state index in [0.29, 0.717) is 36.2 Å². The Morgan fingerprint density at radius 1 is 1.28 bits per heavy atom. The summed E-state index contributed by atoms with van der Waals surface area (Å²) in [5.41, 5.74) is -4.19. The maximum Gasteiger partial charge on any atom is 0.511 e. The molecule has 7 nitrogen and oxygen atoms in total. The molecule has 0 aliphatic carbocycles. The first-order valence-electron chi connectivity index (χ1n) is 8.98. The molecule has 1 aliphatic heterocycles. The number of guanidine groups is 1. The molecular formula is C16H27F3IN5O2S2. The molecule has 0 amide bonds. The molecular weight excluding hydrogens is 542 g/mol. The predicted molar refractivity (Wildman–Crippen MR) is 119 cm³/mol. The lowest BCUT2D eigenvalue weighted by Gasteiger charge is -2.31. The number of nitrogens with one attached hydrogen (secondary N) is 2. The lowest BCUT2D eigenvalue weighted by atomic mass is 9.98. The van der Waals surface area contributed by atoms with Gasteiger partial charge in [-0.05, 0) is 32.6 Å². The fraction of sp³-hybridized carbons (Fsp3) is 0.750. The van der Waals surface area contributed by atoms with Gasteiger partial charge in [-0.2, -0.15) is 17.5 Å². The van der Waals surface area contributed by atoms with Gasteiger partial charge in [0, 0.05) is 44.5 Å². The zero-order chi connectivity index (χ0) is 20.9. The minimum absolute atomic E-state index is 0. The van der Waals surface area contributed by atoms with Gasteiger partial charge < -0.3 is 10.6 Å². The van der Waals surface area contributed by atoms with Gasteiger partial charge in [0.1, 0.15) is 0 Å². The number of hydrogen-bond acceptors (Lipinski definition) is 5. The topological polar surface area (TPSA) is 86.7 Å². The Labute approximate surface area is 190 Å². The number of rotatable bonds is 6. The summed E-state index contributed by atoms with van der Waals surface area (Å²) < 4.78 is 61.2. The molecule has 1 aromatic rings. The number of alkyl halides is 3. The summed E-state index contributed by atoms with van der Waals surface area (Å²) in [4.78, 5) is 9.82. The van der Waals surface area contributed by atoms with E-state index in [9.17, 15) is 21.6 Å². The van der Waals surface area contributed by atoms with E-state index in [1.165, 1.54) is 4.88 Å². The van der Waals surface area contributed by atoms with Crippen molar-refractivity contribution in [2.75, 3.05) is 33.2 Å². The number of sulfonamides is 1. The zero-order valence-corrected chi connectivity index (χ0v) is 20.5. The van der Waals surface area contributed by atoms with Gasteiger partial charge in [0.25, 0.3) is 0 Å². The molecule has 0 radical (unpaired) electrons. The first kappa shape index (κ1) is 26.4. The van der Waals surface area contributed by atoms with Crippen molar-refractivity contribution in [3.8, 4) is 0 Å². The molecule has 0 atom stereocenters. The Balaban J connectivity index is 0.00000420. The highest BCUT2D eigenvalue weighted by Crippen LogP contribution is 2.30. The summed E-state index contributed by atoms with van der Waals surface area (Å²) >= 11 is 1.67. The largest absolute Gasteiger partial charge is 0.511 e. The summed E-state index contributed by atoms with van der Waals surface area (Å²) in [5, 5.41) is 7.40. The Morgan fingerprint density at radius 3 is 2.38 bits per heavy atom. The number of aryl methyl sites for hydroxylation is 2. The van der Waals surface area contributed by atoms with Gasteiger partial charge in [0.05, 0.1) is 10.7 Å². The normalized spacial score (nSPS) is 17.1. The van der Waals surface area contributed by atoms with Gasteiger partial charge in [-0.3, -0.25) is 4.99 Å². The van der Waals surface area contributed by atoms with Crippen LogP contribution in [0.3, 0.4) is 0 Å². The summed E-state index contributed by atoms with van der Waals surface area (Å²) in [6.07, 6.45) is 1.52. The highest BCUT2D eigenvalue weighted by Gasteiger charge is 2.50. The van der Waals surface area contributed by atoms with Gasteiger partial charge >= 0.3 is 15.5 Å². The molecule has 1 saturated heterocycles. The van der Waals surface area contributed by atoms with Crippen molar-refractivity contribution in [2.24, 2.45) is 10.9 Å². The number of nitrogens with zero attached hydrogens (tertiary/aromatic N) is 3. The standard InChI is InChI=1S/C16H26F3N5O2S2.HI/c1-11-12(2)27-14(23-11)4-7-21-15(20-3)22-10-13-5-8-24(9-6-13)28(25,26)16(17,18)19;/h13H,4-10H2,1-3H3,(H2,20,21,22);1H. The number of aromatic nitrogens is 1. The monoisotopic (exact) mass is 569 g/mol. The molecule has 2 rings (SSSR count). The van der Waals surface area contributed by atoms with E-state index >= 15 is 0 Å². The van der Waals surface area contributed by atoms with E-state index < -0.39 is 15.5 Å². The summed E-state index contributed by atoms with van der Waals surface area (Å²) in [6.45, 7) is 4.96. The molecule has 0 bridgehead atoms. The number of halogens is 4. The lowest BCUT2D eigenvalue weighted by Crippen LogP contribution is -2.47. The van der Waals surface area contributed by atoms with Crippen molar-refractivity contribution in [3.63, 3.8) is 0 Å². The summed E-state index contributed by atoms with van der Waals surface area (Å²) in [7, 11) is -3.58. The van der Waals surface area contributed by atoms with E-state index in [1.807, 2.05) is 13.8 Å². The SMILES string of the molecule is CN=C(NCCc1nc(C)c(C)s1)NCC1CCN(S(=O)(=O)C(F)(F)F)CC1.I. The quantitative estimate of drug-likeness (QED) is 0.313. The third-order valence-electron chi connectivity index (χ3n) is 4.69. The summed E-state index contributed by atoms with van der Waals surface area (Å²) in [6, 6.07) is 0. The third kappa shape index (κ3) is 7.21. The fourth-order valence-corrected chi connectivity index (χ4v) is 4.81. The van der Waals surface area contributed by atoms with E-state index in [2.05, 4.69) is 20.6 Å². The van der Waals surface area contributed by atoms with Crippen molar-refractivity contribution >= 4 is 51.3 Å². The second-order valence-corrected chi connectivity index (χ2v) is 9.89. The minimum Gasteiger partial charge on any atom is -0.356 e. The van der Waals surface area contributed by atoms with Crippen molar-refractivity contribution in [1.29, 1.82) is 0 Å². The van der Waals surface area contributed by atoms with Crippen LogP contribution in [0.5, 0.6) is 0 Å². The average molecular weight is 569 g/mol. The van der Waals surface area contributed by atoms with Crippen LogP contribution in [-0.2, 0) is 16.4 Å². The third-order valence-corrected chi connectivity index (χ3v) is 7.45. The molecule has 0 unspecified atom stereocenters. The van der Waals surface area contributed by atoms with Crippen LogP contribution < -0.4 is 10.6 Å². The highest BCUT2D eigenvalue weighted by molar-refractivity contribution is 14.0. The molecule has 2 N–H and O–H groups in total. The maximum atomic E-state index is 12.6. The Hall–Kier alpha value is -0.670. The van der Waals surface area contributed by atoms with Crippen LogP contribution in [0.15, 0.2) is 4.99 Å². The molecule has 13 heteroatoms. The second-order valence-electron chi connectivity index (χ2n) is 6.67. The summed E-state index contributed by atoms with van der Waals surface area (Å²) in [5.74, 6) is 0.692. The van der Waals surface area contributed by atoms with Gasteiger partial charge in [-0.25, -0.2) is 13.4 Å². The predicted octanol–water partition coefficient (Wildman–Crippen LogP) is 2.65. The molecule has 1 fully saturated rings. The van der Waals surface area contributed by atoms with E-state index in [1.54, 1.807) is 18.4 Å². The van der Waals surface area contributed by atoms with Crippen LogP contribution in [0.2, 0.25) is 0 Å². The lowest BCUT2D eigenvalue weighted by molar-refractivity contribution is -0.0496. The first-order chi connectivity index (χ1) is 13.0. The number of hydrogen-bond donors (Lipinski definition) is 2. The van der Waals surface area contributed by atoms with Crippen LogP contribution in [0.25, 0.3) is 0 Å². The molecule has 2 heterocycles. The second kappa shape index (κ2) is 11.1. The molecule has 168 valence electrons. The smallest absolute Gasteiger partial charge is 0.356 e. The van der Waals surface area contributed by atoms with Gasteiger partial charge in [0.15, 0.2) is 5.96 Å². The van der Waals surface area contributed by atoms with E-state index in [0.717, 1.165) is 17.1 Å². The first-order valence-corrected chi connectivity index (χ1v) is 11.2. The van der Waals surface area contributed by atoms with Crippen molar-refractivity contribution < 1.29 is 21.6 Å². The molecule has 1 aliphatic rings. The molecule has 0 spiro atoms. The van der Waals surface area contributed by atoms with Crippen LogP contribution in [0.1, 0.15) is 28.4 Å². The number of piperidine rings is 1. The molecule has 1 aromatic heterocycles. The number of aliphatic imine (C=N–C) groups is 1. The Kier molecular flexibility index (Phi) is 10.1. The van der Waals surface area contributed by atoms with E-state index in [-0.39, 0.29) is 43.0 Å². The van der Waals surface area contributed by atoms with Gasteiger partial charge in [0.2, 0.25) is 0 Å². The molecule has 0 saturated carbocycles. The van der Waals surface area contributed by atoms with Crippen LogP contribution in [0, 0.1) is 19.8 Å². The maximum absolute atomic E-state index is 12.6. The molecule has 0 aromatic carbocycles. The Bertz CT molecular complexity index is 771. The van der Waals surface area contributed by atoms with Crippen molar-refractivity contribution in [3.05, 3.63) is 15.6 Å².